The monoisotopic (exact) mass is 386 g/mol. The number of alkyl halides is 1. The van der Waals surface area contributed by atoms with E-state index in [0.29, 0.717) is 11.3 Å². The van der Waals surface area contributed by atoms with E-state index in [2.05, 4.69) is 15.3 Å². The van der Waals surface area contributed by atoms with Crippen LogP contribution in [0.25, 0.3) is 10.9 Å². The smallest absolute Gasteiger partial charge is 0.310 e. The fourth-order valence-corrected chi connectivity index (χ4v) is 3.34. The summed E-state index contributed by atoms with van der Waals surface area (Å²) in [6.07, 6.45) is 3.43. The van der Waals surface area contributed by atoms with E-state index in [9.17, 15) is 18.0 Å². The minimum Gasteiger partial charge on any atom is -0.361 e. The molecule has 0 spiro atoms. The second-order valence-electron chi connectivity index (χ2n) is 6.80. The minimum absolute atomic E-state index is 0.00366. The maximum absolute atomic E-state index is 13.9. The Kier molecular flexibility index (Phi) is 4.54. The van der Waals surface area contributed by atoms with Crippen molar-refractivity contribution >= 4 is 22.5 Å². The molecule has 28 heavy (non-hydrogen) atoms. The zero-order valence-electron chi connectivity index (χ0n) is 15.0. The van der Waals surface area contributed by atoms with Crippen molar-refractivity contribution in [1.29, 1.82) is 0 Å². The van der Waals surface area contributed by atoms with Crippen molar-refractivity contribution in [1.82, 2.24) is 14.5 Å². The second kappa shape index (κ2) is 7.03. The maximum atomic E-state index is 13.9. The zero-order valence-corrected chi connectivity index (χ0v) is 15.0. The SMILES string of the molecule is Cc1cc(Nc2nc(=O)c(F)cn2CC2=CC(F)=CC(F)C2)c2cc[nH]c2c1. The van der Waals surface area contributed by atoms with Gasteiger partial charge in [0, 0.05) is 36.3 Å². The molecule has 1 unspecified atom stereocenters. The van der Waals surface area contributed by atoms with Crippen molar-refractivity contribution in [2.75, 3.05) is 5.32 Å². The summed E-state index contributed by atoms with van der Waals surface area (Å²) in [4.78, 5) is 18.7. The molecular weight excluding hydrogens is 369 g/mol. The largest absolute Gasteiger partial charge is 0.361 e. The van der Waals surface area contributed by atoms with Gasteiger partial charge in [-0.15, -0.1) is 0 Å². The first-order chi connectivity index (χ1) is 13.4. The summed E-state index contributed by atoms with van der Waals surface area (Å²) >= 11 is 0. The van der Waals surface area contributed by atoms with Crippen molar-refractivity contribution < 1.29 is 13.2 Å². The van der Waals surface area contributed by atoms with Gasteiger partial charge in [0.1, 0.15) is 12.0 Å². The van der Waals surface area contributed by atoms with Gasteiger partial charge in [0.25, 0.3) is 0 Å². The van der Waals surface area contributed by atoms with Gasteiger partial charge >= 0.3 is 5.56 Å². The number of aromatic nitrogens is 3. The summed E-state index contributed by atoms with van der Waals surface area (Å²) in [5.74, 6) is -1.62. The molecule has 1 aliphatic carbocycles. The number of benzene rings is 1. The van der Waals surface area contributed by atoms with Crippen LogP contribution in [0.1, 0.15) is 12.0 Å². The quantitative estimate of drug-likeness (QED) is 0.697. The van der Waals surface area contributed by atoms with E-state index in [4.69, 9.17) is 0 Å². The van der Waals surface area contributed by atoms with Crippen molar-refractivity contribution in [2.45, 2.75) is 26.1 Å². The van der Waals surface area contributed by atoms with Crippen molar-refractivity contribution in [3.05, 3.63) is 75.9 Å². The first-order valence-electron chi connectivity index (χ1n) is 8.71. The van der Waals surface area contributed by atoms with E-state index in [0.717, 1.165) is 28.7 Å². The predicted octanol–water partition coefficient (Wildman–Crippen LogP) is 4.44. The summed E-state index contributed by atoms with van der Waals surface area (Å²) in [5, 5.41) is 3.92. The third-order valence-electron chi connectivity index (χ3n) is 4.53. The van der Waals surface area contributed by atoms with Crippen molar-refractivity contribution in [3.8, 4) is 0 Å². The molecular formula is C20H17F3N4O. The topological polar surface area (TPSA) is 62.7 Å². The fraction of sp³-hybridized carbons (Fsp3) is 0.200. The Balaban J connectivity index is 1.74. The van der Waals surface area contributed by atoms with Crippen LogP contribution >= 0.6 is 0 Å². The number of anilines is 2. The number of H-pyrrole nitrogens is 1. The van der Waals surface area contributed by atoms with Gasteiger partial charge in [-0.3, -0.25) is 4.79 Å². The molecule has 0 aliphatic heterocycles. The highest BCUT2D eigenvalue weighted by molar-refractivity contribution is 5.93. The summed E-state index contributed by atoms with van der Waals surface area (Å²) in [7, 11) is 0. The molecule has 2 aromatic heterocycles. The fourth-order valence-electron chi connectivity index (χ4n) is 3.34. The Morgan fingerprint density at radius 1 is 1.36 bits per heavy atom. The maximum Gasteiger partial charge on any atom is 0.310 e. The molecule has 144 valence electrons. The lowest BCUT2D eigenvalue weighted by Crippen LogP contribution is -2.21. The minimum atomic E-state index is -1.44. The van der Waals surface area contributed by atoms with Gasteiger partial charge < -0.3 is 14.9 Å². The second-order valence-corrected chi connectivity index (χ2v) is 6.80. The molecule has 8 heteroatoms. The lowest BCUT2D eigenvalue weighted by Gasteiger charge is -2.18. The Bertz CT molecular complexity index is 1180. The number of hydrogen-bond acceptors (Lipinski definition) is 3. The molecule has 3 aromatic rings. The van der Waals surface area contributed by atoms with Crippen LogP contribution in [-0.4, -0.2) is 20.7 Å². The average Bonchev–Trinajstić information content (AvgIpc) is 3.07. The van der Waals surface area contributed by atoms with E-state index < -0.39 is 23.4 Å². The number of fused-ring (bicyclic) bond motifs is 1. The van der Waals surface area contributed by atoms with Crippen LogP contribution in [0.4, 0.5) is 24.8 Å². The number of halogens is 3. The van der Waals surface area contributed by atoms with Crippen LogP contribution in [0.5, 0.6) is 0 Å². The van der Waals surface area contributed by atoms with Crippen LogP contribution in [0.3, 0.4) is 0 Å². The van der Waals surface area contributed by atoms with Gasteiger partial charge in [-0.05, 0) is 48.4 Å². The molecule has 0 amide bonds. The third-order valence-corrected chi connectivity index (χ3v) is 4.53. The van der Waals surface area contributed by atoms with Crippen LogP contribution in [0.2, 0.25) is 0 Å². The summed E-state index contributed by atoms with van der Waals surface area (Å²) in [6, 6.07) is 5.70. The highest BCUT2D eigenvalue weighted by Gasteiger charge is 2.17. The lowest BCUT2D eigenvalue weighted by atomic mass is 10.0. The van der Waals surface area contributed by atoms with E-state index in [1.54, 1.807) is 6.20 Å². The Morgan fingerprint density at radius 3 is 2.96 bits per heavy atom. The van der Waals surface area contributed by atoms with Gasteiger partial charge in [-0.1, -0.05) is 0 Å². The molecule has 4 rings (SSSR count). The van der Waals surface area contributed by atoms with Crippen molar-refractivity contribution in [3.63, 3.8) is 0 Å². The molecule has 0 saturated carbocycles. The van der Waals surface area contributed by atoms with Crippen LogP contribution in [0.15, 0.2) is 58.9 Å². The molecule has 0 radical (unpaired) electrons. The number of allylic oxidation sites excluding steroid dienone is 4. The van der Waals surface area contributed by atoms with E-state index in [-0.39, 0.29) is 18.9 Å². The first kappa shape index (κ1) is 18.1. The number of aromatic amines is 1. The molecule has 0 saturated heterocycles. The molecule has 2 heterocycles. The van der Waals surface area contributed by atoms with Crippen LogP contribution in [-0.2, 0) is 6.54 Å². The van der Waals surface area contributed by atoms with Crippen LogP contribution in [0, 0.1) is 12.7 Å². The molecule has 1 atom stereocenters. The van der Waals surface area contributed by atoms with Gasteiger partial charge in [0.15, 0.2) is 0 Å². The van der Waals surface area contributed by atoms with Gasteiger partial charge in [0.05, 0.1) is 5.69 Å². The summed E-state index contributed by atoms with van der Waals surface area (Å²) < 4.78 is 42.4. The van der Waals surface area contributed by atoms with E-state index in [1.165, 1.54) is 10.6 Å². The van der Waals surface area contributed by atoms with Gasteiger partial charge in [-0.2, -0.15) is 9.37 Å². The lowest BCUT2D eigenvalue weighted by molar-refractivity contribution is 0.380. The van der Waals surface area contributed by atoms with Crippen LogP contribution < -0.4 is 10.9 Å². The van der Waals surface area contributed by atoms with E-state index >= 15 is 0 Å². The van der Waals surface area contributed by atoms with Gasteiger partial charge in [-0.25, -0.2) is 8.78 Å². The van der Waals surface area contributed by atoms with Gasteiger partial charge in [0.2, 0.25) is 11.8 Å². The van der Waals surface area contributed by atoms with Crippen molar-refractivity contribution in [2.24, 2.45) is 0 Å². The Hall–Kier alpha value is -3.29. The van der Waals surface area contributed by atoms with E-state index in [1.807, 2.05) is 25.1 Å². The summed E-state index contributed by atoms with van der Waals surface area (Å²) in [6.45, 7) is 1.91. The molecule has 2 N–H and O–H groups in total. The standard InChI is InChI=1S/C20H17F3N4O/c1-11-4-17-15(2-3-24-17)18(5-11)25-20-26-19(28)16(23)10-27(20)9-12-6-13(21)8-14(22)7-12/h2-6,8,10,14,24H,7,9H2,1H3,(H,25,26,28). The normalized spacial score (nSPS) is 16.8. The Morgan fingerprint density at radius 2 is 2.18 bits per heavy atom. The molecule has 1 aromatic carbocycles. The average molecular weight is 386 g/mol. The Labute approximate surface area is 158 Å². The zero-order chi connectivity index (χ0) is 19.8. The highest BCUT2D eigenvalue weighted by Crippen LogP contribution is 2.28. The molecule has 0 bridgehead atoms. The molecule has 1 aliphatic rings. The number of nitrogens with one attached hydrogen (secondary N) is 2. The number of hydrogen-bond donors (Lipinski definition) is 2. The third kappa shape index (κ3) is 3.58. The highest BCUT2D eigenvalue weighted by atomic mass is 19.1. The predicted molar refractivity (Wildman–Crippen MR) is 102 cm³/mol. The molecule has 0 fully saturated rings. The number of aryl methyl sites for hydroxylation is 1. The summed E-state index contributed by atoms with van der Waals surface area (Å²) in [5.41, 5.74) is 1.95. The number of rotatable bonds is 4. The first-order valence-corrected chi connectivity index (χ1v) is 8.71. The molecule has 5 nitrogen and oxygen atoms in total. The number of nitrogens with zero attached hydrogens (tertiary/aromatic N) is 2.